The maximum atomic E-state index is 5.26. The number of oxazole rings is 1. The van der Waals surface area contributed by atoms with Gasteiger partial charge < -0.3 is 9.73 Å². The molecule has 0 bridgehead atoms. The number of rotatable bonds is 5. The van der Waals surface area contributed by atoms with E-state index in [1.165, 1.54) is 5.56 Å². The Morgan fingerprint density at radius 2 is 2.06 bits per heavy atom. The summed E-state index contributed by atoms with van der Waals surface area (Å²) in [5.41, 5.74) is 1.28. The Morgan fingerprint density at radius 1 is 1.29 bits per heavy atom. The van der Waals surface area contributed by atoms with E-state index < -0.39 is 0 Å². The molecule has 0 saturated heterocycles. The third-order valence-electron chi connectivity index (χ3n) is 2.64. The van der Waals surface area contributed by atoms with Crippen molar-refractivity contribution in [2.75, 3.05) is 7.05 Å². The Kier molecular flexibility index (Phi) is 4.23. The van der Waals surface area contributed by atoms with E-state index in [-0.39, 0.29) is 6.04 Å². The summed E-state index contributed by atoms with van der Waals surface area (Å²) in [7, 11) is 1.98. The van der Waals surface area contributed by atoms with Gasteiger partial charge in [-0.3, -0.25) is 0 Å². The van der Waals surface area contributed by atoms with E-state index in [0.29, 0.717) is 10.5 Å². The molecule has 0 radical (unpaired) electrons. The lowest BCUT2D eigenvalue weighted by Gasteiger charge is -2.22. The summed E-state index contributed by atoms with van der Waals surface area (Å²) in [6.07, 6.45) is 3.28. The highest BCUT2D eigenvalue weighted by molar-refractivity contribution is 7.99. The number of hydrogen-bond donors (Lipinski definition) is 1. The highest BCUT2D eigenvalue weighted by Gasteiger charge is 2.19. The third kappa shape index (κ3) is 3.11. The maximum Gasteiger partial charge on any atom is 0.255 e. The lowest BCUT2D eigenvalue weighted by Crippen LogP contribution is -2.25. The summed E-state index contributed by atoms with van der Waals surface area (Å²) >= 11 is 1.64. The van der Waals surface area contributed by atoms with E-state index in [1.807, 2.05) is 13.1 Å². The fourth-order valence-electron chi connectivity index (χ4n) is 1.83. The molecule has 2 unspecified atom stereocenters. The smallest absolute Gasteiger partial charge is 0.255 e. The first-order valence-corrected chi connectivity index (χ1v) is 6.47. The Bertz CT molecular complexity index is 430. The molecule has 2 aromatic rings. The van der Waals surface area contributed by atoms with Gasteiger partial charge in [-0.05, 0) is 12.6 Å². The molecule has 0 aliphatic carbocycles. The summed E-state index contributed by atoms with van der Waals surface area (Å²) in [5, 5.41) is 4.40. The van der Waals surface area contributed by atoms with Gasteiger partial charge in [-0.1, -0.05) is 49.0 Å². The van der Waals surface area contributed by atoms with Crippen molar-refractivity contribution in [3.05, 3.63) is 48.4 Å². The Labute approximate surface area is 106 Å². The average molecular weight is 248 g/mol. The standard InChI is InChI=1S/C13H16N2OS/c1-10(17-13-15-8-9-16-13)12(14-2)11-6-4-3-5-7-11/h3-10,12,14H,1-2H3. The van der Waals surface area contributed by atoms with E-state index in [0.717, 1.165) is 0 Å². The van der Waals surface area contributed by atoms with Crippen LogP contribution in [0.3, 0.4) is 0 Å². The second-order valence-electron chi connectivity index (χ2n) is 3.80. The maximum absolute atomic E-state index is 5.26. The zero-order valence-corrected chi connectivity index (χ0v) is 10.8. The molecular weight excluding hydrogens is 232 g/mol. The molecule has 0 saturated carbocycles. The van der Waals surface area contributed by atoms with Crippen LogP contribution in [-0.2, 0) is 0 Å². The Hall–Kier alpha value is -1.26. The van der Waals surface area contributed by atoms with Crippen LogP contribution in [0.5, 0.6) is 0 Å². The minimum atomic E-state index is 0.285. The third-order valence-corrected chi connectivity index (χ3v) is 3.68. The van der Waals surface area contributed by atoms with E-state index in [9.17, 15) is 0 Å². The van der Waals surface area contributed by atoms with E-state index in [2.05, 4.69) is 41.5 Å². The van der Waals surface area contributed by atoms with Crippen LogP contribution in [0.25, 0.3) is 0 Å². The fraction of sp³-hybridized carbons (Fsp3) is 0.308. The van der Waals surface area contributed by atoms with Crippen molar-refractivity contribution < 1.29 is 4.42 Å². The van der Waals surface area contributed by atoms with E-state index >= 15 is 0 Å². The molecule has 2 atom stereocenters. The second-order valence-corrected chi connectivity index (χ2v) is 5.13. The lowest BCUT2D eigenvalue weighted by molar-refractivity contribution is 0.451. The monoisotopic (exact) mass is 248 g/mol. The van der Waals surface area contributed by atoms with E-state index in [1.54, 1.807) is 24.2 Å². The van der Waals surface area contributed by atoms with Crippen LogP contribution >= 0.6 is 11.8 Å². The molecule has 0 amide bonds. The molecule has 2 rings (SSSR count). The number of nitrogens with zero attached hydrogens (tertiary/aromatic N) is 1. The first-order valence-electron chi connectivity index (χ1n) is 5.59. The first-order chi connectivity index (χ1) is 8.31. The predicted octanol–water partition coefficient (Wildman–Crippen LogP) is 3.12. The summed E-state index contributed by atoms with van der Waals surface area (Å²) in [6, 6.07) is 10.7. The number of nitrogens with one attached hydrogen (secondary N) is 1. The topological polar surface area (TPSA) is 38.1 Å². The summed E-state index contributed by atoms with van der Waals surface area (Å²) in [6.45, 7) is 2.17. The number of benzene rings is 1. The van der Waals surface area contributed by atoms with Crippen molar-refractivity contribution in [2.45, 2.75) is 23.4 Å². The van der Waals surface area contributed by atoms with Crippen LogP contribution in [0, 0.1) is 0 Å². The predicted molar refractivity (Wildman–Crippen MR) is 70.1 cm³/mol. The highest BCUT2D eigenvalue weighted by atomic mass is 32.2. The van der Waals surface area contributed by atoms with Crippen LogP contribution < -0.4 is 5.32 Å². The van der Waals surface area contributed by atoms with E-state index in [4.69, 9.17) is 4.42 Å². The van der Waals surface area contributed by atoms with Crippen LogP contribution in [0.15, 0.2) is 52.4 Å². The molecule has 4 heteroatoms. The molecule has 0 aliphatic heterocycles. The largest absolute Gasteiger partial charge is 0.440 e. The number of aromatic nitrogens is 1. The van der Waals surface area contributed by atoms with Crippen molar-refractivity contribution >= 4 is 11.8 Å². The number of hydrogen-bond acceptors (Lipinski definition) is 4. The zero-order chi connectivity index (χ0) is 12.1. The van der Waals surface area contributed by atoms with Crippen LogP contribution in [-0.4, -0.2) is 17.3 Å². The molecule has 1 aromatic heterocycles. The van der Waals surface area contributed by atoms with Gasteiger partial charge in [0.15, 0.2) is 0 Å². The van der Waals surface area contributed by atoms with Crippen molar-refractivity contribution in [3.63, 3.8) is 0 Å². The van der Waals surface area contributed by atoms with Crippen LogP contribution in [0.4, 0.5) is 0 Å². The van der Waals surface area contributed by atoms with Gasteiger partial charge in [-0.15, -0.1) is 0 Å². The molecule has 0 aliphatic rings. The van der Waals surface area contributed by atoms with Crippen molar-refractivity contribution in [1.82, 2.24) is 10.3 Å². The van der Waals surface area contributed by atoms with Gasteiger partial charge in [-0.2, -0.15) is 0 Å². The molecule has 1 N–H and O–H groups in total. The zero-order valence-electron chi connectivity index (χ0n) is 9.96. The van der Waals surface area contributed by atoms with Crippen molar-refractivity contribution in [1.29, 1.82) is 0 Å². The van der Waals surface area contributed by atoms with Crippen molar-refractivity contribution in [2.24, 2.45) is 0 Å². The Balaban J connectivity index is 2.08. The summed E-state index contributed by atoms with van der Waals surface area (Å²) in [5.74, 6) is 0. The average Bonchev–Trinajstić information content (AvgIpc) is 2.84. The highest BCUT2D eigenvalue weighted by Crippen LogP contribution is 2.30. The SMILES string of the molecule is CNC(c1ccccc1)C(C)Sc1ncco1. The second kappa shape index (κ2) is 5.89. The minimum absolute atomic E-state index is 0.285. The van der Waals surface area contributed by atoms with Gasteiger partial charge in [-0.25, -0.2) is 4.98 Å². The molecule has 17 heavy (non-hydrogen) atoms. The lowest BCUT2D eigenvalue weighted by atomic mass is 10.0. The quantitative estimate of drug-likeness (QED) is 0.825. The van der Waals surface area contributed by atoms with Gasteiger partial charge in [0, 0.05) is 11.3 Å². The van der Waals surface area contributed by atoms with Gasteiger partial charge >= 0.3 is 0 Å². The van der Waals surface area contributed by atoms with Crippen LogP contribution in [0.2, 0.25) is 0 Å². The Morgan fingerprint density at radius 3 is 2.65 bits per heavy atom. The van der Waals surface area contributed by atoms with Gasteiger partial charge in [0.2, 0.25) is 0 Å². The van der Waals surface area contributed by atoms with Gasteiger partial charge in [0.1, 0.15) is 6.26 Å². The fourth-order valence-corrected chi connectivity index (χ4v) is 2.81. The van der Waals surface area contributed by atoms with Gasteiger partial charge in [0.25, 0.3) is 5.22 Å². The van der Waals surface area contributed by atoms with Gasteiger partial charge in [0.05, 0.1) is 6.20 Å². The molecule has 1 heterocycles. The summed E-state index contributed by atoms with van der Waals surface area (Å²) in [4.78, 5) is 4.14. The molecule has 1 aromatic carbocycles. The number of thioether (sulfide) groups is 1. The molecule has 0 fully saturated rings. The normalized spacial score (nSPS) is 14.5. The summed E-state index contributed by atoms with van der Waals surface area (Å²) < 4.78 is 5.26. The first kappa shape index (κ1) is 12.2. The minimum Gasteiger partial charge on any atom is -0.440 e. The molecule has 3 nitrogen and oxygen atoms in total. The molecule has 0 spiro atoms. The van der Waals surface area contributed by atoms with Crippen molar-refractivity contribution in [3.8, 4) is 0 Å². The molecular formula is C13H16N2OS. The molecule has 90 valence electrons. The van der Waals surface area contributed by atoms with Crippen LogP contribution in [0.1, 0.15) is 18.5 Å².